The molecule has 2 aromatic rings. The summed E-state index contributed by atoms with van der Waals surface area (Å²) in [6, 6.07) is 11.6. The molecule has 0 aliphatic carbocycles. The number of rotatable bonds is 8. The number of carbonyl (C=O) groups excluding carboxylic acids is 3. The molecule has 4 N–H and O–H groups in total. The normalized spacial score (nSPS) is 13.2. The average Bonchev–Trinajstić information content (AvgIpc) is 2.66. The van der Waals surface area contributed by atoms with Gasteiger partial charge in [0.05, 0.1) is 0 Å². The molecule has 2 atom stereocenters. The van der Waals surface area contributed by atoms with Crippen molar-refractivity contribution in [2.75, 3.05) is 0 Å². The third-order valence-electron chi connectivity index (χ3n) is 4.94. The van der Waals surface area contributed by atoms with E-state index in [0.29, 0.717) is 5.56 Å². The summed E-state index contributed by atoms with van der Waals surface area (Å²) in [6.45, 7) is 7.60. The quantitative estimate of drug-likeness (QED) is 0.603. The second-order valence-corrected chi connectivity index (χ2v) is 8.70. The molecule has 0 heterocycles. The third-order valence-corrected chi connectivity index (χ3v) is 4.94. The first kappa shape index (κ1) is 24.1. The summed E-state index contributed by atoms with van der Waals surface area (Å²) in [6.07, 6.45) is 0.299. The Morgan fingerprint density at radius 3 is 2.06 bits per heavy atom. The van der Waals surface area contributed by atoms with Crippen molar-refractivity contribution in [2.24, 2.45) is 5.73 Å². The van der Waals surface area contributed by atoms with Crippen LogP contribution in [-0.4, -0.2) is 29.8 Å². The summed E-state index contributed by atoms with van der Waals surface area (Å²) >= 11 is 0. The van der Waals surface area contributed by atoms with Crippen LogP contribution in [0.25, 0.3) is 0 Å². The molecule has 0 radical (unpaired) electrons. The summed E-state index contributed by atoms with van der Waals surface area (Å²) in [4.78, 5) is 36.4. The van der Waals surface area contributed by atoms with Crippen molar-refractivity contribution >= 4 is 17.7 Å². The van der Waals surface area contributed by atoms with Gasteiger partial charge in [-0.1, -0.05) is 57.2 Å². The van der Waals surface area contributed by atoms with Crippen LogP contribution >= 0.6 is 0 Å². The van der Waals surface area contributed by atoms with Gasteiger partial charge in [-0.3, -0.25) is 14.4 Å². The topological polar surface area (TPSA) is 101 Å². The minimum absolute atomic E-state index is 0.00166. The zero-order chi connectivity index (χ0) is 23.2. The molecule has 0 saturated carbocycles. The fraction of sp³-hybridized carbons (Fsp3) is 0.375. The molecule has 166 valence electrons. The maximum absolute atomic E-state index is 13.5. The summed E-state index contributed by atoms with van der Waals surface area (Å²) in [5.41, 5.74) is 8.05. The molecule has 2 aromatic carbocycles. The van der Waals surface area contributed by atoms with E-state index in [4.69, 9.17) is 5.73 Å². The standard InChI is InChI=1S/C24H30FN3O3/c1-15(29)27-21(14-17-6-5-7-19(25)12-17)23(31)28-20(22(26)30)13-16-8-10-18(11-9-16)24(2,3)4/h5-12,20-21H,13-14H2,1-4H3,(H2,26,30)(H,27,29)(H,28,31)/t20-,21+/m0/s1. The lowest BCUT2D eigenvalue weighted by Crippen LogP contribution is -2.54. The van der Waals surface area contributed by atoms with Crippen LogP contribution < -0.4 is 16.4 Å². The van der Waals surface area contributed by atoms with Gasteiger partial charge >= 0.3 is 0 Å². The van der Waals surface area contributed by atoms with E-state index < -0.39 is 35.6 Å². The van der Waals surface area contributed by atoms with Gasteiger partial charge in [0.1, 0.15) is 17.9 Å². The van der Waals surface area contributed by atoms with Crippen molar-refractivity contribution in [1.29, 1.82) is 0 Å². The Bertz CT molecular complexity index is 936. The van der Waals surface area contributed by atoms with E-state index in [1.807, 2.05) is 24.3 Å². The zero-order valence-electron chi connectivity index (χ0n) is 18.4. The predicted octanol–water partition coefficient (Wildman–Crippen LogP) is 2.38. The molecule has 0 saturated heterocycles. The number of amides is 3. The van der Waals surface area contributed by atoms with Crippen LogP contribution in [0.15, 0.2) is 48.5 Å². The highest BCUT2D eigenvalue weighted by molar-refractivity contribution is 5.91. The Morgan fingerprint density at radius 2 is 1.55 bits per heavy atom. The van der Waals surface area contributed by atoms with Crippen molar-refractivity contribution in [3.63, 3.8) is 0 Å². The second-order valence-electron chi connectivity index (χ2n) is 8.70. The first-order valence-electron chi connectivity index (χ1n) is 10.2. The first-order valence-corrected chi connectivity index (χ1v) is 10.2. The molecule has 0 aromatic heterocycles. The Kier molecular flexibility index (Phi) is 7.91. The molecule has 0 aliphatic rings. The van der Waals surface area contributed by atoms with Crippen molar-refractivity contribution in [2.45, 2.75) is 58.0 Å². The zero-order valence-corrected chi connectivity index (χ0v) is 18.4. The minimum atomic E-state index is -0.968. The highest BCUT2D eigenvalue weighted by atomic mass is 19.1. The van der Waals surface area contributed by atoms with E-state index >= 15 is 0 Å². The lowest BCUT2D eigenvalue weighted by atomic mass is 9.86. The maximum atomic E-state index is 13.5. The van der Waals surface area contributed by atoms with Crippen molar-refractivity contribution in [3.8, 4) is 0 Å². The van der Waals surface area contributed by atoms with Crippen LogP contribution in [0.5, 0.6) is 0 Å². The van der Waals surface area contributed by atoms with Crippen LogP contribution in [0.4, 0.5) is 4.39 Å². The van der Waals surface area contributed by atoms with Gasteiger partial charge in [0.2, 0.25) is 17.7 Å². The average molecular weight is 428 g/mol. The number of hydrogen-bond donors (Lipinski definition) is 3. The van der Waals surface area contributed by atoms with Gasteiger partial charge in [0.25, 0.3) is 0 Å². The van der Waals surface area contributed by atoms with Gasteiger partial charge in [0, 0.05) is 19.8 Å². The van der Waals surface area contributed by atoms with Crippen molar-refractivity contribution in [3.05, 3.63) is 71.0 Å². The maximum Gasteiger partial charge on any atom is 0.243 e. The molecular formula is C24H30FN3O3. The predicted molar refractivity (Wildman–Crippen MR) is 118 cm³/mol. The molecule has 0 unspecified atom stereocenters. The Labute approximate surface area is 182 Å². The smallest absolute Gasteiger partial charge is 0.243 e. The van der Waals surface area contributed by atoms with E-state index in [9.17, 15) is 18.8 Å². The number of benzene rings is 2. The van der Waals surface area contributed by atoms with Crippen LogP contribution in [0.1, 0.15) is 44.4 Å². The largest absolute Gasteiger partial charge is 0.368 e. The lowest BCUT2D eigenvalue weighted by Gasteiger charge is -2.22. The van der Waals surface area contributed by atoms with E-state index in [2.05, 4.69) is 31.4 Å². The van der Waals surface area contributed by atoms with Crippen LogP contribution in [0.3, 0.4) is 0 Å². The molecule has 7 heteroatoms. The molecule has 0 spiro atoms. The van der Waals surface area contributed by atoms with Gasteiger partial charge in [0.15, 0.2) is 0 Å². The highest BCUT2D eigenvalue weighted by Gasteiger charge is 2.26. The van der Waals surface area contributed by atoms with Crippen molar-refractivity contribution in [1.82, 2.24) is 10.6 Å². The lowest BCUT2D eigenvalue weighted by molar-refractivity contribution is -0.130. The number of nitrogens with one attached hydrogen (secondary N) is 2. The number of primary amides is 1. The second kappa shape index (κ2) is 10.2. The van der Waals surface area contributed by atoms with E-state index in [1.165, 1.54) is 25.1 Å². The highest BCUT2D eigenvalue weighted by Crippen LogP contribution is 2.22. The summed E-state index contributed by atoms with van der Waals surface area (Å²) in [7, 11) is 0. The number of nitrogens with two attached hydrogens (primary N) is 1. The summed E-state index contributed by atoms with van der Waals surface area (Å²) in [5.74, 6) is -2.09. The monoisotopic (exact) mass is 427 g/mol. The number of hydrogen-bond acceptors (Lipinski definition) is 3. The van der Waals surface area contributed by atoms with E-state index in [0.717, 1.165) is 11.1 Å². The molecular weight excluding hydrogens is 397 g/mol. The molecule has 2 rings (SSSR count). The molecule has 0 fully saturated rings. The third kappa shape index (κ3) is 7.51. The van der Waals surface area contributed by atoms with Gasteiger partial charge in [-0.25, -0.2) is 4.39 Å². The van der Waals surface area contributed by atoms with Crippen LogP contribution in [-0.2, 0) is 32.6 Å². The molecule has 6 nitrogen and oxygen atoms in total. The summed E-state index contributed by atoms with van der Waals surface area (Å²) < 4.78 is 13.5. The van der Waals surface area contributed by atoms with Gasteiger partial charge in [-0.15, -0.1) is 0 Å². The number of halogens is 1. The Morgan fingerprint density at radius 1 is 0.935 bits per heavy atom. The minimum Gasteiger partial charge on any atom is -0.368 e. The fourth-order valence-electron chi connectivity index (χ4n) is 3.23. The van der Waals surface area contributed by atoms with E-state index in [-0.39, 0.29) is 18.3 Å². The first-order chi connectivity index (χ1) is 14.5. The van der Waals surface area contributed by atoms with Gasteiger partial charge in [-0.05, 0) is 34.2 Å². The number of carbonyl (C=O) groups is 3. The molecule has 0 bridgehead atoms. The Balaban J connectivity index is 2.13. The van der Waals surface area contributed by atoms with Gasteiger partial charge < -0.3 is 16.4 Å². The molecule has 31 heavy (non-hydrogen) atoms. The summed E-state index contributed by atoms with van der Waals surface area (Å²) in [5, 5.41) is 5.18. The fourth-order valence-corrected chi connectivity index (χ4v) is 3.23. The van der Waals surface area contributed by atoms with E-state index in [1.54, 1.807) is 6.07 Å². The van der Waals surface area contributed by atoms with Crippen LogP contribution in [0, 0.1) is 5.82 Å². The Hall–Kier alpha value is -3.22. The van der Waals surface area contributed by atoms with Crippen LogP contribution in [0.2, 0.25) is 0 Å². The molecule has 0 aliphatic heterocycles. The van der Waals surface area contributed by atoms with Crippen molar-refractivity contribution < 1.29 is 18.8 Å². The SMILES string of the molecule is CC(=O)N[C@H](Cc1cccc(F)c1)C(=O)N[C@@H](Cc1ccc(C(C)(C)C)cc1)C(N)=O. The molecule has 3 amide bonds. The van der Waals surface area contributed by atoms with Gasteiger partial charge in [-0.2, -0.15) is 0 Å².